The molecule has 0 aliphatic rings. The topological polar surface area (TPSA) is 87.3 Å². The first-order chi connectivity index (χ1) is 13.5. The fourth-order valence-electron chi connectivity index (χ4n) is 2.83. The fraction of sp³-hybridized carbons (Fsp3) is 0.250. The third-order valence-electron chi connectivity index (χ3n) is 4.34. The molecule has 0 aliphatic heterocycles. The Labute approximate surface area is 167 Å². The van der Waals surface area contributed by atoms with Gasteiger partial charge in [-0.25, -0.2) is 0 Å². The van der Waals surface area contributed by atoms with Crippen molar-refractivity contribution in [3.63, 3.8) is 0 Å². The molecule has 1 heterocycles. The highest BCUT2D eigenvalue weighted by molar-refractivity contribution is 6.32. The monoisotopic (exact) mass is 400 g/mol. The first-order valence-electron chi connectivity index (χ1n) is 8.98. The highest BCUT2D eigenvalue weighted by Gasteiger charge is 2.15. The number of hydrogen-bond donors (Lipinski definition) is 2. The molecule has 3 aromatic rings. The maximum absolute atomic E-state index is 12.5. The standard InChI is InChI=1S/C20H21ClN4O3/c1-3-25(4-2)18(26)12-28-17-10-9-13(11-15(17)21)22-20(27)19-14-7-5-6-8-16(14)23-24-19/h5-11H,3-4,12H2,1-2H3,(H,22,27)(H,23,24). The molecule has 0 saturated heterocycles. The number of nitrogens with zero attached hydrogens (tertiary/aromatic N) is 2. The molecule has 0 aliphatic carbocycles. The lowest BCUT2D eigenvalue weighted by atomic mass is 10.2. The number of hydrogen-bond acceptors (Lipinski definition) is 4. The zero-order valence-electron chi connectivity index (χ0n) is 15.7. The van der Waals surface area contributed by atoms with Crippen molar-refractivity contribution >= 4 is 40.0 Å². The van der Waals surface area contributed by atoms with Crippen LogP contribution < -0.4 is 10.1 Å². The Balaban J connectivity index is 1.67. The van der Waals surface area contributed by atoms with Gasteiger partial charge in [0.2, 0.25) is 0 Å². The Morgan fingerprint density at radius 3 is 2.64 bits per heavy atom. The number of para-hydroxylation sites is 1. The Bertz CT molecular complexity index is 998. The van der Waals surface area contributed by atoms with Gasteiger partial charge in [0.1, 0.15) is 5.75 Å². The van der Waals surface area contributed by atoms with E-state index in [4.69, 9.17) is 16.3 Å². The summed E-state index contributed by atoms with van der Waals surface area (Å²) >= 11 is 6.24. The van der Waals surface area contributed by atoms with Crippen molar-refractivity contribution in [3.05, 3.63) is 53.2 Å². The predicted molar refractivity (Wildman–Crippen MR) is 109 cm³/mol. The van der Waals surface area contributed by atoms with Gasteiger partial charge in [-0.1, -0.05) is 29.8 Å². The largest absolute Gasteiger partial charge is 0.482 e. The van der Waals surface area contributed by atoms with Gasteiger partial charge in [0, 0.05) is 24.2 Å². The highest BCUT2D eigenvalue weighted by Crippen LogP contribution is 2.28. The van der Waals surface area contributed by atoms with Gasteiger partial charge < -0.3 is 15.0 Å². The van der Waals surface area contributed by atoms with Crippen molar-refractivity contribution in [1.29, 1.82) is 0 Å². The van der Waals surface area contributed by atoms with Crippen LogP contribution in [0.1, 0.15) is 24.3 Å². The first-order valence-corrected chi connectivity index (χ1v) is 9.35. The molecule has 0 radical (unpaired) electrons. The molecule has 2 amide bonds. The van der Waals surface area contributed by atoms with Crippen LogP contribution in [0.5, 0.6) is 5.75 Å². The van der Waals surface area contributed by atoms with Gasteiger partial charge in [-0.2, -0.15) is 5.10 Å². The fourth-order valence-corrected chi connectivity index (χ4v) is 3.06. The van der Waals surface area contributed by atoms with Crippen molar-refractivity contribution in [3.8, 4) is 5.75 Å². The Morgan fingerprint density at radius 1 is 1.18 bits per heavy atom. The third-order valence-corrected chi connectivity index (χ3v) is 4.64. The predicted octanol–water partition coefficient (Wildman–Crippen LogP) is 3.72. The minimum absolute atomic E-state index is 0.0909. The number of amides is 2. The average molecular weight is 401 g/mol. The molecule has 146 valence electrons. The van der Waals surface area contributed by atoms with Crippen molar-refractivity contribution in [1.82, 2.24) is 15.1 Å². The Morgan fingerprint density at radius 2 is 1.93 bits per heavy atom. The average Bonchev–Trinajstić information content (AvgIpc) is 3.12. The molecule has 7 nitrogen and oxygen atoms in total. The third kappa shape index (κ3) is 4.26. The molecule has 0 bridgehead atoms. The van der Waals surface area contributed by atoms with Crippen LogP contribution in [0.3, 0.4) is 0 Å². The van der Waals surface area contributed by atoms with E-state index in [1.165, 1.54) is 0 Å². The number of benzene rings is 2. The maximum Gasteiger partial charge on any atom is 0.276 e. The second kappa shape index (κ2) is 8.75. The number of carbonyl (C=O) groups excluding carboxylic acids is 2. The van der Waals surface area contributed by atoms with Crippen LogP contribution in [0.4, 0.5) is 5.69 Å². The molecule has 0 atom stereocenters. The number of carbonyl (C=O) groups is 2. The molecule has 3 rings (SSSR count). The van der Waals surface area contributed by atoms with Gasteiger partial charge in [0.05, 0.1) is 10.5 Å². The second-order valence-corrected chi connectivity index (χ2v) is 6.48. The molecule has 0 fully saturated rings. The van der Waals surface area contributed by atoms with Gasteiger partial charge in [-0.05, 0) is 38.1 Å². The Kier molecular flexibility index (Phi) is 6.16. The van der Waals surface area contributed by atoms with E-state index in [1.54, 1.807) is 23.1 Å². The van der Waals surface area contributed by atoms with Gasteiger partial charge in [0.15, 0.2) is 12.3 Å². The van der Waals surface area contributed by atoms with E-state index >= 15 is 0 Å². The summed E-state index contributed by atoms with van der Waals surface area (Å²) in [6.07, 6.45) is 0. The van der Waals surface area contributed by atoms with Crippen LogP contribution in [0, 0.1) is 0 Å². The van der Waals surface area contributed by atoms with Gasteiger partial charge in [-0.15, -0.1) is 0 Å². The van der Waals surface area contributed by atoms with E-state index in [2.05, 4.69) is 15.5 Å². The highest BCUT2D eigenvalue weighted by atomic mass is 35.5. The molecular weight excluding hydrogens is 380 g/mol. The van der Waals surface area contributed by atoms with E-state index in [1.807, 2.05) is 38.1 Å². The quantitative estimate of drug-likeness (QED) is 0.632. The van der Waals surface area contributed by atoms with Crippen molar-refractivity contribution in [2.45, 2.75) is 13.8 Å². The van der Waals surface area contributed by atoms with Gasteiger partial charge in [0.25, 0.3) is 11.8 Å². The van der Waals surface area contributed by atoms with Crippen LogP contribution in [0.25, 0.3) is 10.9 Å². The van der Waals surface area contributed by atoms with Gasteiger partial charge in [-0.3, -0.25) is 14.7 Å². The summed E-state index contributed by atoms with van der Waals surface area (Å²) in [4.78, 5) is 26.2. The van der Waals surface area contributed by atoms with Crippen LogP contribution in [0.2, 0.25) is 5.02 Å². The summed E-state index contributed by atoms with van der Waals surface area (Å²) in [5.41, 5.74) is 1.59. The number of fused-ring (bicyclic) bond motifs is 1. The summed E-state index contributed by atoms with van der Waals surface area (Å²) in [5, 5.41) is 10.7. The van der Waals surface area contributed by atoms with Crippen molar-refractivity contribution in [2.24, 2.45) is 0 Å². The lowest BCUT2D eigenvalue weighted by molar-refractivity contribution is -0.132. The van der Waals surface area contributed by atoms with Crippen LogP contribution in [-0.4, -0.2) is 46.6 Å². The lowest BCUT2D eigenvalue weighted by Crippen LogP contribution is -2.34. The molecule has 2 aromatic carbocycles. The van der Waals surface area contributed by atoms with E-state index in [0.717, 1.165) is 10.9 Å². The SMILES string of the molecule is CCN(CC)C(=O)COc1ccc(NC(=O)c2n[nH]c3ccccc23)cc1Cl. The van der Waals surface area contributed by atoms with E-state index in [9.17, 15) is 9.59 Å². The molecule has 2 N–H and O–H groups in total. The molecule has 1 aromatic heterocycles. The number of aromatic amines is 1. The number of ether oxygens (including phenoxy) is 1. The number of halogens is 1. The van der Waals surface area contributed by atoms with Crippen LogP contribution in [-0.2, 0) is 4.79 Å². The van der Waals surface area contributed by atoms with Crippen molar-refractivity contribution in [2.75, 3.05) is 25.0 Å². The summed E-state index contributed by atoms with van der Waals surface area (Å²) in [6.45, 7) is 4.98. The maximum atomic E-state index is 12.5. The smallest absolute Gasteiger partial charge is 0.276 e. The van der Waals surface area contributed by atoms with Crippen molar-refractivity contribution < 1.29 is 14.3 Å². The number of likely N-dealkylation sites (N-methyl/N-ethyl adjacent to an activating group) is 1. The summed E-state index contributed by atoms with van der Waals surface area (Å²) in [5.74, 6) is -0.0758. The lowest BCUT2D eigenvalue weighted by Gasteiger charge is -2.19. The van der Waals surface area contributed by atoms with Crippen LogP contribution in [0.15, 0.2) is 42.5 Å². The number of anilines is 1. The minimum atomic E-state index is -0.348. The molecule has 28 heavy (non-hydrogen) atoms. The zero-order chi connectivity index (χ0) is 20.1. The first kappa shape index (κ1) is 19.7. The molecule has 8 heteroatoms. The summed E-state index contributed by atoms with van der Waals surface area (Å²) in [6, 6.07) is 12.2. The van der Waals surface area contributed by atoms with E-state index < -0.39 is 0 Å². The summed E-state index contributed by atoms with van der Waals surface area (Å²) in [7, 11) is 0. The number of H-pyrrole nitrogens is 1. The second-order valence-electron chi connectivity index (χ2n) is 6.07. The molecule has 0 saturated carbocycles. The summed E-state index contributed by atoms with van der Waals surface area (Å²) < 4.78 is 5.52. The van der Waals surface area contributed by atoms with E-state index in [-0.39, 0.29) is 18.4 Å². The minimum Gasteiger partial charge on any atom is -0.482 e. The molecule has 0 unspecified atom stereocenters. The Hall–Kier alpha value is -3.06. The van der Waals surface area contributed by atoms with Crippen LogP contribution >= 0.6 is 11.6 Å². The molecular formula is C20H21ClN4O3. The normalized spacial score (nSPS) is 10.7. The van der Waals surface area contributed by atoms with Gasteiger partial charge >= 0.3 is 0 Å². The number of aromatic nitrogens is 2. The number of rotatable bonds is 7. The molecule has 0 spiro atoms. The van der Waals surface area contributed by atoms with E-state index in [0.29, 0.717) is 35.2 Å². The zero-order valence-corrected chi connectivity index (χ0v) is 16.4. The number of nitrogens with one attached hydrogen (secondary N) is 2.